The number of ether oxygens (including phenoxy) is 1. The maximum Gasteiger partial charge on any atom is 0.321 e. The lowest BCUT2D eigenvalue weighted by Gasteiger charge is -2.07. The number of rotatable bonds is 2. The molecule has 0 bridgehead atoms. The molecule has 0 N–H and O–H groups in total. The highest BCUT2D eigenvalue weighted by atomic mass is 16.6. The molecule has 0 radical (unpaired) electrons. The van der Waals surface area contributed by atoms with Crippen molar-refractivity contribution in [3.8, 4) is 0 Å². The molecule has 0 aromatic carbocycles. The van der Waals surface area contributed by atoms with E-state index in [4.69, 9.17) is 0 Å². The molecule has 1 aliphatic heterocycles. The van der Waals surface area contributed by atoms with Gasteiger partial charge in [-0.3, -0.25) is 9.59 Å². The zero-order valence-corrected chi connectivity index (χ0v) is 6.87. The molecule has 0 aromatic heterocycles. The molecule has 1 heterocycles. The number of cyclic esters (lactones) is 2. The maximum absolute atomic E-state index is 11.0. The van der Waals surface area contributed by atoms with Crippen molar-refractivity contribution < 1.29 is 14.3 Å². The van der Waals surface area contributed by atoms with Crippen molar-refractivity contribution in [2.24, 2.45) is 11.8 Å². The predicted octanol–water partition coefficient (Wildman–Crippen LogP) is 1.06. The first-order valence-electron chi connectivity index (χ1n) is 3.61. The van der Waals surface area contributed by atoms with Gasteiger partial charge in [0, 0.05) is 0 Å². The summed E-state index contributed by atoms with van der Waals surface area (Å²) >= 11 is 0. The van der Waals surface area contributed by atoms with E-state index < -0.39 is 23.8 Å². The third kappa shape index (κ3) is 1.18. The van der Waals surface area contributed by atoms with Crippen LogP contribution in [-0.2, 0) is 14.3 Å². The molecule has 0 saturated carbocycles. The molecule has 64 valence electrons. The summed E-state index contributed by atoms with van der Waals surface area (Å²) in [4.78, 5) is 22.0. The predicted molar refractivity (Wildman–Crippen MR) is 43.1 cm³/mol. The fourth-order valence-corrected chi connectivity index (χ4v) is 1.25. The Morgan fingerprint density at radius 3 is 2.42 bits per heavy atom. The van der Waals surface area contributed by atoms with E-state index in [0.29, 0.717) is 5.57 Å². The van der Waals surface area contributed by atoms with Crippen molar-refractivity contribution in [3.05, 3.63) is 24.8 Å². The summed E-state index contributed by atoms with van der Waals surface area (Å²) in [6.07, 6.45) is 1.42. The van der Waals surface area contributed by atoms with Gasteiger partial charge in [-0.15, -0.1) is 6.58 Å². The van der Waals surface area contributed by atoms with Gasteiger partial charge in [-0.05, 0) is 6.92 Å². The third-order valence-electron chi connectivity index (χ3n) is 1.87. The van der Waals surface area contributed by atoms with Gasteiger partial charge in [-0.25, -0.2) is 0 Å². The van der Waals surface area contributed by atoms with Crippen LogP contribution in [0.15, 0.2) is 24.8 Å². The minimum absolute atomic E-state index is 0.516. The van der Waals surface area contributed by atoms with E-state index in [-0.39, 0.29) is 0 Å². The van der Waals surface area contributed by atoms with Crippen LogP contribution in [0, 0.1) is 11.8 Å². The number of esters is 2. The van der Waals surface area contributed by atoms with Gasteiger partial charge in [0.1, 0.15) is 0 Å². The molecule has 0 spiro atoms. The number of hydrogen-bond donors (Lipinski definition) is 0. The molecular formula is C9H10O3. The van der Waals surface area contributed by atoms with E-state index in [0.717, 1.165) is 0 Å². The molecule has 12 heavy (non-hydrogen) atoms. The van der Waals surface area contributed by atoms with Crippen LogP contribution >= 0.6 is 0 Å². The number of carbonyl (C=O) groups is 2. The molecule has 3 heteroatoms. The Morgan fingerprint density at radius 1 is 1.50 bits per heavy atom. The first kappa shape index (κ1) is 8.71. The zero-order valence-electron chi connectivity index (χ0n) is 6.87. The molecule has 0 aliphatic carbocycles. The standard InChI is InChI=1S/C9H10O3/c1-4-6-7(5(2)3)9(11)12-8(6)10/h4,6-7H,1-2H2,3H3/t6-,7+/m0/s1. The topological polar surface area (TPSA) is 43.4 Å². The molecule has 0 unspecified atom stereocenters. The molecule has 1 rings (SSSR count). The van der Waals surface area contributed by atoms with Crippen LogP contribution in [0.3, 0.4) is 0 Å². The Bertz CT molecular complexity index is 265. The van der Waals surface area contributed by atoms with Crippen LogP contribution in [0.1, 0.15) is 6.92 Å². The summed E-state index contributed by atoms with van der Waals surface area (Å²) < 4.78 is 4.43. The summed E-state index contributed by atoms with van der Waals surface area (Å²) in [6, 6.07) is 0. The second kappa shape index (κ2) is 2.93. The van der Waals surface area contributed by atoms with E-state index in [1.165, 1.54) is 6.08 Å². The number of hydrogen-bond acceptors (Lipinski definition) is 3. The molecular weight excluding hydrogens is 156 g/mol. The molecule has 0 aromatic rings. The van der Waals surface area contributed by atoms with Crippen molar-refractivity contribution in [2.45, 2.75) is 6.92 Å². The molecule has 2 atom stereocenters. The quantitative estimate of drug-likeness (QED) is 0.350. The first-order chi connectivity index (χ1) is 5.57. The van der Waals surface area contributed by atoms with E-state index in [1.54, 1.807) is 6.92 Å². The molecule has 1 fully saturated rings. The van der Waals surface area contributed by atoms with Crippen molar-refractivity contribution >= 4 is 11.9 Å². The van der Waals surface area contributed by atoms with Crippen LogP contribution in [0.4, 0.5) is 0 Å². The largest absolute Gasteiger partial charge is 0.392 e. The summed E-state index contributed by atoms with van der Waals surface area (Å²) in [5.41, 5.74) is 0.635. The lowest BCUT2D eigenvalue weighted by atomic mass is 9.90. The van der Waals surface area contributed by atoms with Gasteiger partial charge in [0.2, 0.25) is 0 Å². The zero-order chi connectivity index (χ0) is 9.30. The highest BCUT2D eigenvalue weighted by molar-refractivity contribution is 5.98. The molecule has 3 nitrogen and oxygen atoms in total. The average Bonchev–Trinajstić information content (AvgIpc) is 2.24. The van der Waals surface area contributed by atoms with E-state index in [9.17, 15) is 9.59 Å². The van der Waals surface area contributed by atoms with Crippen LogP contribution in [0.5, 0.6) is 0 Å². The van der Waals surface area contributed by atoms with E-state index in [1.807, 2.05) is 0 Å². The Labute approximate surface area is 70.7 Å². The Morgan fingerprint density at radius 2 is 2.08 bits per heavy atom. The summed E-state index contributed by atoms with van der Waals surface area (Å²) in [7, 11) is 0. The first-order valence-corrected chi connectivity index (χ1v) is 3.61. The van der Waals surface area contributed by atoms with Gasteiger partial charge in [0.15, 0.2) is 0 Å². The highest BCUT2D eigenvalue weighted by Gasteiger charge is 2.42. The average molecular weight is 166 g/mol. The minimum Gasteiger partial charge on any atom is -0.392 e. The SMILES string of the molecule is C=C[C@@H]1C(=O)OC(=O)[C@@H]1C(=C)C. The lowest BCUT2D eigenvalue weighted by Crippen LogP contribution is -2.16. The lowest BCUT2D eigenvalue weighted by molar-refractivity contribution is -0.153. The van der Waals surface area contributed by atoms with Crippen molar-refractivity contribution in [2.75, 3.05) is 0 Å². The Balaban J connectivity index is 2.97. The fourth-order valence-electron chi connectivity index (χ4n) is 1.25. The van der Waals surface area contributed by atoms with Crippen molar-refractivity contribution in [3.63, 3.8) is 0 Å². The smallest absolute Gasteiger partial charge is 0.321 e. The fraction of sp³-hybridized carbons (Fsp3) is 0.333. The monoisotopic (exact) mass is 166 g/mol. The second-order valence-corrected chi connectivity index (χ2v) is 2.83. The van der Waals surface area contributed by atoms with E-state index in [2.05, 4.69) is 17.9 Å². The van der Waals surface area contributed by atoms with Gasteiger partial charge in [0.05, 0.1) is 11.8 Å². The summed E-state index contributed by atoms with van der Waals surface area (Å²) in [5, 5.41) is 0. The van der Waals surface area contributed by atoms with Crippen LogP contribution in [-0.4, -0.2) is 11.9 Å². The molecule has 0 amide bonds. The van der Waals surface area contributed by atoms with Gasteiger partial charge >= 0.3 is 11.9 Å². The van der Waals surface area contributed by atoms with Crippen LogP contribution < -0.4 is 0 Å². The summed E-state index contributed by atoms with van der Waals surface area (Å²) in [5.74, 6) is -2.12. The van der Waals surface area contributed by atoms with Gasteiger partial charge < -0.3 is 4.74 Å². The Kier molecular flexibility index (Phi) is 2.13. The van der Waals surface area contributed by atoms with E-state index >= 15 is 0 Å². The summed E-state index contributed by atoms with van der Waals surface area (Å²) in [6.45, 7) is 8.78. The second-order valence-electron chi connectivity index (χ2n) is 2.83. The Hall–Kier alpha value is -1.38. The van der Waals surface area contributed by atoms with Crippen LogP contribution in [0.25, 0.3) is 0 Å². The maximum atomic E-state index is 11.0. The van der Waals surface area contributed by atoms with Crippen molar-refractivity contribution in [1.29, 1.82) is 0 Å². The number of carbonyl (C=O) groups excluding carboxylic acids is 2. The molecule has 1 aliphatic rings. The van der Waals surface area contributed by atoms with Gasteiger partial charge in [-0.1, -0.05) is 18.2 Å². The normalized spacial score (nSPS) is 28.4. The van der Waals surface area contributed by atoms with Crippen LogP contribution in [0.2, 0.25) is 0 Å². The minimum atomic E-state index is -0.546. The third-order valence-corrected chi connectivity index (χ3v) is 1.87. The highest BCUT2D eigenvalue weighted by Crippen LogP contribution is 2.29. The molecule has 1 saturated heterocycles. The van der Waals surface area contributed by atoms with Crippen molar-refractivity contribution in [1.82, 2.24) is 0 Å². The van der Waals surface area contributed by atoms with Gasteiger partial charge in [-0.2, -0.15) is 0 Å². The van der Waals surface area contributed by atoms with Gasteiger partial charge in [0.25, 0.3) is 0 Å².